The fourth-order valence-corrected chi connectivity index (χ4v) is 2.80. The van der Waals surface area contributed by atoms with Gasteiger partial charge in [-0.3, -0.25) is 4.79 Å². The Morgan fingerprint density at radius 1 is 0.923 bits per heavy atom. The topological polar surface area (TPSA) is 38.3 Å². The summed E-state index contributed by atoms with van der Waals surface area (Å²) in [5.74, 6) is 0.369. The number of halogens is 2. The Bertz CT molecular complexity index is 898. The highest BCUT2D eigenvalue weighted by molar-refractivity contribution is 6.44. The van der Waals surface area contributed by atoms with Crippen molar-refractivity contribution in [3.63, 3.8) is 0 Å². The predicted molar refractivity (Wildman–Crippen MR) is 106 cm³/mol. The first-order chi connectivity index (χ1) is 12.6. The fraction of sp³-hybridized carbons (Fsp3) is 0.0952. The zero-order valence-corrected chi connectivity index (χ0v) is 15.4. The van der Waals surface area contributed by atoms with Gasteiger partial charge in [-0.1, -0.05) is 65.7 Å². The summed E-state index contributed by atoms with van der Waals surface area (Å²) in [7, 11) is 0. The van der Waals surface area contributed by atoms with Crippen LogP contribution < -0.4 is 10.1 Å². The van der Waals surface area contributed by atoms with Crippen molar-refractivity contribution in [2.24, 2.45) is 0 Å². The third kappa shape index (κ3) is 4.78. The lowest BCUT2D eigenvalue weighted by molar-refractivity contribution is 0.102. The minimum atomic E-state index is -0.275. The number of rotatable bonds is 6. The molecule has 132 valence electrons. The van der Waals surface area contributed by atoms with Gasteiger partial charge in [-0.15, -0.1) is 0 Å². The van der Waals surface area contributed by atoms with Crippen LogP contribution >= 0.6 is 23.2 Å². The Morgan fingerprint density at radius 2 is 1.69 bits per heavy atom. The van der Waals surface area contributed by atoms with Crippen LogP contribution in [0.4, 0.5) is 5.69 Å². The van der Waals surface area contributed by atoms with Crippen LogP contribution in [0.5, 0.6) is 5.75 Å². The quantitative estimate of drug-likeness (QED) is 0.576. The molecule has 0 unspecified atom stereocenters. The molecule has 3 aromatic carbocycles. The molecule has 3 rings (SSSR count). The number of carbonyl (C=O) groups excluding carboxylic acids is 1. The van der Waals surface area contributed by atoms with E-state index in [1.54, 1.807) is 36.4 Å². The van der Waals surface area contributed by atoms with E-state index in [1.165, 1.54) is 5.56 Å². The SMILES string of the molecule is O=C(Nc1cccc(Cl)c1Cl)c1cccc(OCCc2ccccc2)c1. The second-order valence-electron chi connectivity index (χ2n) is 5.67. The summed E-state index contributed by atoms with van der Waals surface area (Å²) in [6, 6.07) is 22.2. The normalized spacial score (nSPS) is 10.4. The minimum absolute atomic E-state index is 0.275. The van der Waals surface area contributed by atoms with Crippen molar-refractivity contribution >= 4 is 34.8 Å². The maximum Gasteiger partial charge on any atom is 0.255 e. The Balaban J connectivity index is 1.63. The fourth-order valence-electron chi connectivity index (χ4n) is 2.45. The molecule has 3 nitrogen and oxygen atoms in total. The molecular formula is C21H17Cl2NO2. The van der Waals surface area contributed by atoms with Crippen molar-refractivity contribution in [1.29, 1.82) is 0 Å². The molecule has 0 saturated heterocycles. The van der Waals surface area contributed by atoms with E-state index in [4.69, 9.17) is 27.9 Å². The third-order valence-electron chi connectivity index (χ3n) is 3.80. The second kappa shape index (κ2) is 8.75. The summed E-state index contributed by atoms with van der Waals surface area (Å²) in [5.41, 5.74) is 2.16. The molecule has 26 heavy (non-hydrogen) atoms. The van der Waals surface area contributed by atoms with Gasteiger partial charge in [-0.05, 0) is 35.9 Å². The van der Waals surface area contributed by atoms with Crippen LogP contribution in [-0.2, 0) is 6.42 Å². The molecule has 0 saturated carbocycles. The Labute approximate surface area is 162 Å². The van der Waals surface area contributed by atoms with Crippen LogP contribution in [0, 0.1) is 0 Å². The highest BCUT2D eigenvalue weighted by atomic mass is 35.5. The molecule has 0 aliphatic heterocycles. The lowest BCUT2D eigenvalue weighted by Crippen LogP contribution is -2.12. The molecule has 3 aromatic rings. The largest absolute Gasteiger partial charge is 0.493 e. The molecule has 1 amide bonds. The number of carbonyl (C=O) groups is 1. The number of hydrogen-bond donors (Lipinski definition) is 1. The average Bonchev–Trinajstić information content (AvgIpc) is 2.66. The molecule has 1 N–H and O–H groups in total. The molecule has 0 radical (unpaired) electrons. The monoisotopic (exact) mass is 385 g/mol. The van der Waals surface area contributed by atoms with Crippen molar-refractivity contribution in [3.05, 3.63) is 94.0 Å². The van der Waals surface area contributed by atoms with Crippen LogP contribution in [0.15, 0.2) is 72.8 Å². The van der Waals surface area contributed by atoms with Gasteiger partial charge in [0.25, 0.3) is 5.91 Å². The van der Waals surface area contributed by atoms with E-state index in [9.17, 15) is 4.79 Å². The number of nitrogens with one attached hydrogen (secondary N) is 1. The molecular weight excluding hydrogens is 369 g/mol. The summed E-state index contributed by atoms with van der Waals surface area (Å²) in [6.45, 7) is 0.537. The van der Waals surface area contributed by atoms with E-state index in [0.29, 0.717) is 33.7 Å². The molecule has 0 fully saturated rings. The lowest BCUT2D eigenvalue weighted by Gasteiger charge is -2.10. The molecule has 0 spiro atoms. The van der Waals surface area contributed by atoms with Gasteiger partial charge in [0.15, 0.2) is 0 Å². The Kier molecular flexibility index (Phi) is 6.16. The molecule has 0 aliphatic carbocycles. The third-order valence-corrected chi connectivity index (χ3v) is 4.62. The summed E-state index contributed by atoms with van der Waals surface area (Å²) < 4.78 is 5.77. The summed E-state index contributed by atoms with van der Waals surface area (Å²) in [4.78, 5) is 12.5. The van der Waals surface area contributed by atoms with Crippen LogP contribution in [0.2, 0.25) is 10.0 Å². The smallest absolute Gasteiger partial charge is 0.255 e. The molecule has 5 heteroatoms. The van der Waals surface area contributed by atoms with E-state index >= 15 is 0 Å². The number of hydrogen-bond acceptors (Lipinski definition) is 2. The maximum atomic E-state index is 12.5. The van der Waals surface area contributed by atoms with Gasteiger partial charge in [0.05, 0.1) is 22.3 Å². The highest BCUT2D eigenvalue weighted by Crippen LogP contribution is 2.30. The standard InChI is InChI=1S/C21H17Cl2NO2/c22-18-10-5-11-19(20(18)23)24-21(25)16-8-4-9-17(14-16)26-13-12-15-6-2-1-3-7-15/h1-11,14H,12-13H2,(H,24,25). The van der Waals surface area contributed by atoms with Crippen molar-refractivity contribution in [2.75, 3.05) is 11.9 Å². The van der Waals surface area contributed by atoms with Crippen molar-refractivity contribution in [2.45, 2.75) is 6.42 Å². The molecule has 0 aliphatic rings. The highest BCUT2D eigenvalue weighted by Gasteiger charge is 2.11. The first kappa shape index (κ1) is 18.3. The van der Waals surface area contributed by atoms with Crippen molar-refractivity contribution in [1.82, 2.24) is 0 Å². The second-order valence-corrected chi connectivity index (χ2v) is 6.45. The van der Waals surface area contributed by atoms with E-state index < -0.39 is 0 Å². The summed E-state index contributed by atoms with van der Waals surface area (Å²) in [5, 5.41) is 3.47. The molecule has 0 aromatic heterocycles. The van der Waals surface area contributed by atoms with Crippen LogP contribution in [-0.4, -0.2) is 12.5 Å². The van der Waals surface area contributed by atoms with E-state index in [1.807, 2.05) is 24.3 Å². The zero-order valence-electron chi connectivity index (χ0n) is 13.9. The van der Waals surface area contributed by atoms with Gasteiger partial charge in [0.1, 0.15) is 5.75 Å². The van der Waals surface area contributed by atoms with E-state index in [-0.39, 0.29) is 5.91 Å². The Hall–Kier alpha value is -2.49. The predicted octanol–water partition coefficient (Wildman–Crippen LogP) is 5.87. The van der Waals surface area contributed by atoms with Crippen molar-refractivity contribution in [3.8, 4) is 5.75 Å². The van der Waals surface area contributed by atoms with Gasteiger partial charge in [-0.2, -0.15) is 0 Å². The molecule has 0 bridgehead atoms. The van der Waals surface area contributed by atoms with E-state index in [0.717, 1.165) is 6.42 Å². The van der Waals surface area contributed by atoms with Gasteiger partial charge in [-0.25, -0.2) is 0 Å². The van der Waals surface area contributed by atoms with Gasteiger partial charge >= 0.3 is 0 Å². The lowest BCUT2D eigenvalue weighted by atomic mass is 10.1. The number of benzene rings is 3. The van der Waals surface area contributed by atoms with Crippen molar-refractivity contribution < 1.29 is 9.53 Å². The number of ether oxygens (including phenoxy) is 1. The van der Waals surface area contributed by atoms with Crippen LogP contribution in [0.3, 0.4) is 0 Å². The Morgan fingerprint density at radius 3 is 2.50 bits per heavy atom. The molecule has 0 heterocycles. The zero-order chi connectivity index (χ0) is 18.4. The summed E-state index contributed by atoms with van der Waals surface area (Å²) in [6.07, 6.45) is 0.801. The molecule has 0 atom stereocenters. The van der Waals surface area contributed by atoms with Crippen LogP contribution in [0.1, 0.15) is 15.9 Å². The first-order valence-electron chi connectivity index (χ1n) is 8.15. The van der Waals surface area contributed by atoms with Gasteiger partial charge < -0.3 is 10.1 Å². The van der Waals surface area contributed by atoms with E-state index in [2.05, 4.69) is 17.4 Å². The van der Waals surface area contributed by atoms with Gasteiger partial charge in [0.2, 0.25) is 0 Å². The first-order valence-corrected chi connectivity index (χ1v) is 8.91. The maximum absolute atomic E-state index is 12.5. The van der Waals surface area contributed by atoms with Crippen LogP contribution in [0.25, 0.3) is 0 Å². The summed E-state index contributed by atoms with van der Waals surface area (Å²) >= 11 is 12.1. The van der Waals surface area contributed by atoms with Gasteiger partial charge in [0, 0.05) is 12.0 Å². The number of anilines is 1. The number of amides is 1. The average molecular weight is 386 g/mol. The minimum Gasteiger partial charge on any atom is -0.493 e.